The Morgan fingerprint density at radius 3 is 1.88 bits per heavy atom. The third kappa shape index (κ3) is 4.51. The summed E-state index contributed by atoms with van der Waals surface area (Å²) in [6, 6.07) is 37.3. The van der Waals surface area contributed by atoms with Gasteiger partial charge in [-0.2, -0.15) is 0 Å². The molecule has 33 heavy (non-hydrogen) atoms. The number of aromatic nitrogens is 1. The summed E-state index contributed by atoms with van der Waals surface area (Å²) in [5.74, 6) is 7.34. The molecule has 5 rings (SSSR count). The Kier molecular flexibility index (Phi) is 5.68. The van der Waals surface area contributed by atoms with Crippen LogP contribution in [0.2, 0.25) is 17.3 Å². The molecular weight excluding hydrogens is 459 g/mol. The predicted octanol–water partition coefficient (Wildman–Crippen LogP) is 8.09. The molecule has 0 bridgehead atoms. The van der Waals surface area contributed by atoms with Crippen LogP contribution in [0.15, 0.2) is 103 Å². The summed E-state index contributed by atoms with van der Waals surface area (Å²) in [7, 11) is 0. The number of hydrogen-bond donors (Lipinski definition) is 0. The van der Waals surface area contributed by atoms with Gasteiger partial charge in [-0.1, -0.05) is 6.07 Å². The number of aryl methyl sites for hydroxylation is 1. The van der Waals surface area contributed by atoms with Gasteiger partial charge in [0.15, 0.2) is 0 Å². The fraction of sp³-hybridized carbons (Fsp3) is 0.129. The zero-order valence-electron chi connectivity index (χ0n) is 19.8. The first-order valence-electron chi connectivity index (χ1n) is 11.6. The van der Waals surface area contributed by atoms with Crippen molar-refractivity contribution in [1.82, 2.24) is 4.98 Å². The van der Waals surface area contributed by atoms with Crippen molar-refractivity contribution in [3.63, 3.8) is 0 Å². The van der Waals surface area contributed by atoms with Crippen molar-refractivity contribution >= 4 is 28.6 Å². The van der Waals surface area contributed by atoms with Crippen LogP contribution < -0.4 is 4.40 Å². The summed E-state index contributed by atoms with van der Waals surface area (Å²) in [6.45, 7) is 2.16. The molecule has 1 nitrogen and oxygen atoms in total. The third-order valence-corrected chi connectivity index (χ3v) is 10.5. The zero-order chi connectivity index (χ0) is 23.0. The molecule has 0 aliphatic carbocycles. The second kappa shape index (κ2) is 8.64. The number of hydrogen-bond acceptors (Lipinski definition) is 1. The SMILES string of the molecule is Cc1cc(-c2ccccc2)cc(-c2cc(-c3ccccc3)c3c[c]([Ge]([CH3])([CH3])[CH3])ccc3n2)c1. The van der Waals surface area contributed by atoms with Gasteiger partial charge in [-0.25, -0.2) is 0 Å². The van der Waals surface area contributed by atoms with Crippen molar-refractivity contribution in [2.24, 2.45) is 0 Å². The Balaban J connectivity index is 1.75. The van der Waals surface area contributed by atoms with Crippen LogP contribution in [0.4, 0.5) is 0 Å². The molecule has 0 spiro atoms. The van der Waals surface area contributed by atoms with Crippen LogP contribution in [0, 0.1) is 6.92 Å². The van der Waals surface area contributed by atoms with Crippen LogP contribution in [0.5, 0.6) is 0 Å². The third-order valence-electron chi connectivity index (χ3n) is 6.24. The van der Waals surface area contributed by atoms with Gasteiger partial charge < -0.3 is 0 Å². The van der Waals surface area contributed by atoms with E-state index in [4.69, 9.17) is 4.98 Å². The predicted molar refractivity (Wildman–Crippen MR) is 146 cm³/mol. The zero-order valence-corrected chi connectivity index (χ0v) is 21.9. The second-order valence-electron chi connectivity index (χ2n) is 9.86. The normalized spacial score (nSPS) is 11.6. The summed E-state index contributed by atoms with van der Waals surface area (Å²) in [6.07, 6.45) is 0. The van der Waals surface area contributed by atoms with E-state index in [2.05, 4.69) is 127 Å². The standard InChI is InChI=1S/C31H29GeN/c1-22-17-25(23-11-7-5-8-12-23)19-26(18-22)31-21-28(24-13-9-6-10-14-24)29-20-27(32(2,3)4)15-16-30(29)33-31/h5-21H,1-4H3. The molecule has 0 saturated carbocycles. The first-order valence-corrected chi connectivity index (χ1v) is 18.9. The molecule has 0 N–H and O–H groups in total. The van der Waals surface area contributed by atoms with Crippen molar-refractivity contribution in [3.05, 3.63) is 109 Å². The molecule has 1 heterocycles. The fourth-order valence-corrected chi connectivity index (χ4v) is 6.86. The van der Waals surface area contributed by atoms with Crippen molar-refractivity contribution in [3.8, 4) is 33.5 Å². The minimum absolute atomic E-state index is 1.02. The Morgan fingerprint density at radius 1 is 0.576 bits per heavy atom. The summed E-state index contributed by atoms with van der Waals surface area (Å²) in [4.78, 5) is 5.15. The molecule has 4 aromatic carbocycles. The molecule has 0 atom stereocenters. The van der Waals surface area contributed by atoms with E-state index in [0.717, 1.165) is 16.8 Å². The van der Waals surface area contributed by atoms with Gasteiger partial charge in [0.2, 0.25) is 0 Å². The molecule has 0 aliphatic rings. The summed E-state index contributed by atoms with van der Waals surface area (Å²) in [5.41, 5.74) is 9.43. The van der Waals surface area contributed by atoms with Gasteiger partial charge in [0, 0.05) is 0 Å². The van der Waals surface area contributed by atoms with Crippen LogP contribution in [-0.4, -0.2) is 18.3 Å². The number of nitrogens with zero attached hydrogens (tertiary/aromatic N) is 1. The van der Waals surface area contributed by atoms with Gasteiger partial charge >= 0.3 is 194 Å². The van der Waals surface area contributed by atoms with E-state index < -0.39 is 13.3 Å². The monoisotopic (exact) mass is 489 g/mol. The molecule has 162 valence electrons. The van der Waals surface area contributed by atoms with Crippen molar-refractivity contribution in [2.45, 2.75) is 24.2 Å². The number of fused-ring (bicyclic) bond motifs is 1. The molecule has 5 aromatic rings. The van der Waals surface area contributed by atoms with Crippen LogP contribution in [0.25, 0.3) is 44.4 Å². The van der Waals surface area contributed by atoms with Gasteiger partial charge in [0.25, 0.3) is 0 Å². The average molecular weight is 488 g/mol. The number of pyridine rings is 1. The van der Waals surface area contributed by atoms with Crippen LogP contribution in [-0.2, 0) is 0 Å². The van der Waals surface area contributed by atoms with Gasteiger partial charge in [0.1, 0.15) is 0 Å². The Labute approximate surface area is 199 Å². The molecule has 0 unspecified atom stereocenters. The van der Waals surface area contributed by atoms with E-state index in [0.29, 0.717) is 0 Å². The van der Waals surface area contributed by atoms with E-state index in [1.807, 2.05) is 0 Å². The molecule has 0 fully saturated rings. The minimum atomic E-state index is -1.96. The Hall–Kier alpha value is -3.17. The first-order chi connectivity index (χ1) is 15.9. The van der Waals surface area contributed by atoms with E-state index in [1.54, 1.807) is 0 Å². The summed E-state index contributed by atoms with van der Waals surface area (Å²) >= 11 is -1.96. The van der Waals surface area contributed by atoms with Crippen molar-refractivity contribution < 1.29 is 0 Å². The maximum absolute atomic E-state index is 5.15. The molecule has 0 radical (unpaired) electrons. The number of rotatable bonds is 4. The molecule has 2 heteroatoms. The van der Waals surface area contributed by atoms with E-state index in [1.165, 1.54) is 37.6 Å². The van der Waals surface area contributed by atoms with E-state index in [-0.39, 0.29) is 0 Å². The second-order valence-corrected chi connectivity index (χ2v) is 20.5. The topological polar surface area (TPSA) is 12.9 Å². The van der Waals surface area contributed by atoms with Gasteiger partial charge in [0.05, 0.1) is 0 Å². The van der Waals surface area contributed by atoms with Gasteiger partial charge in [-0.05, 0) is 0 Å². The molecule has 1 aromatic heterocycles. The molecule has 0 saturated heterocycles. The molecule has 0 aliphatic heterocycles. The Morgan fingerprint density at radius 2 is 1.21 bits per heavy atom. The molecular formula is C31H29GeN. The first kappa shape index (κ1) is 21.7. The van der Waals surface area contributed by atoms with Gasteiger partial charge in [-0.3, -0.25) is 0 Å². The fourth-order valence-electron chi connectivity index (χ4n) is 4.42. The van der Waals surface area contributed by atoms with Crippen LogP contribution in [0.1, 0.15) is 5.56 Å². The molecule has 0 amide bonds. The van der Waals surface area contributed by atoms with E-state index in [9.17, 15) is 0 Å². The summed E-state index contributed by atoms with van der Waals surface area (Å²) < 4.78 is 1.51. The van der Waals surface area contributed by atoms with Crippen molar-refractivity contribution in [1.29, 1.82) is 0 Å². The quantitative estimate of drug-likeness (QED) is 0.233. The van der Waals surface area contributed by atoms with Crippen LogP contribution >= 0.6 is 0 Å². The van der Waals surface area contributed by atoms with E-state index >= 15 is 0 Å². The average Bonchev–Trinajstić information content (AvgIpc) is 2.83. The van der Waals surface area contributed by atoms with Crippen LogP contribution in [0.3, 0.4) is 0 Å². The number of benzene rings is 4. The maximum atomic E-state index is 5.15. The Bertz CT molecular complexity index is 1430. The summed E-state index contributed by atoms with van der Waals surface area (Å²) in [5, 5.41) is 1.25. The van der Waals surface area contributed by atoms with Gasteiger partial charge in [-0.15, -0.1) is 0 Å². The van der Waals surface area contributed by atoms with Crippen molar-refractivity contribution in [2.75, 3.05) is 0 Å².